The molecule has 0 fully saturated rings. The van der Waals surface area contributed by atoms with E-state index < -0.39 is 23.2 Å². The van der Waals surface area contributed by atoms with Gasteiger partial charge in [-0.25, -0.2) is 9.97 Å². The lowest BCUT2D eigenvalue weighted by molar-refractivity contribution is -0.138. The number of pyridine rings is 2. The van der Waals surface area contributed by atoms with Gasteiger partial charge >= 0.3 is 6.18 Å². The molecule has 9 heteroatoms. The molecule has 0 aliphatic carbocycles. The van der Waals surface area contributed by atoms with Crippen molar-refractivity contribution in [2.24, 2.45) is 0 Å². The molecule has 0 N–H and O–H groups in total. The van der Waals surface area contributed by atoms with Crippen LogP contribution in [0.25, 0.3) is 11.3 Å². The van der Waals surface area contributed by atoms with Crippen molar-refractivity contribution < 1.29 is 18.0 Å². The summed E-state index contributed by atoms with van der Waals surface area (Å²) in [6.45, 7) is 0.131. The second-order valence-corrected chi connectivity index (χ2v) is 7.56. The summed E-state index contributed by atoms with van der Waals surface area (Å²) >= 11 is 0. The zero-order valence-corrected chi connectivity index (χ0v) is 17.3. The fourth-order valence-electron chi connectivity index (χ4n) is 3.88. The highest BCUT2D eigenvalue weighted by Gasteiger charge is 2.36. The van der Waals surface area contributed by atoms with E-state index in [1.165, 1.54) is 23.1 Å². The van der Waals surface area contributed by atoms with E-state index in [-0.39, 0.29) is 13.1 Å². The predicted molar refractivity (Wildman–Crippen MR) is 115 cm³/mol. The minimum atomic E-state index is -4.65. The summed E-state index contributed by atoms with van der Waals surface area (Å²) in [4.78, 5) is 23.6. The lowest BCUT2D eigenvalue weighted by Crippen LogP contribution is -2.32. The maximum atomic E-state index is 13.6. The number of halogens is 3. The fourth-order valence-corrected chi connectivity index (χ4v) is 3.88. The molecule has 4 aromatic heterocycles. The highest BCUT2D eigenvalue weighted by atomic mass is 19.4. The third-order valence-corrected chi connectivity index (χ3v) is 5.44. The van der Waals surface area contributed by atoms with Crippen molar-refractivity contribution in [3.63, 3.8) is 0 Å². The van der Waals surface area contributed by atoms with Crippen LogP contribution in [-0.2, 0) is 19.3 Å². The topological polar surface area (TPSA) is 54.9 Å². The maximum Gasteiger partial charge on any atom is 0.417 e. The molecule has 0 saturated carbocycles. The number of hydrogen-bond acceptors (Lipinski definition) is 3. The standard InChI is InChI=1S/C24H18F3N5O/c25-24(26,27)20-8-2-1-7-19(20)23(33)30(15-17-13-28-21-9-3-5-11-31(17)21)16-18-14-29-22-10-4-6-12-32(18)22/h1-14H,15-16H2. The Labute approximate surface area is 186 Å². The molecule has 0 bridgehead atoms. The zero-order chi connectivity index (χ0) is 23.0. The Bertz CT molecular complexity index is 1380. The van der Waals surface area contributed by atoms with Gasteiger partial charge in [0.25, 0.3) is 5.91 Å². The van der Waals surface area contributed by atoms with Crippen molar-refractivity contribution in [2.75, 3.05) is 0 Å². The highest BCUT2D eigenvalue weighted by molar-refractivity contribution is 5.95. The Morgan fingerprint density at radius 2 is 1.30 bits per heavy atom. The molecule has 1 aromatic carbocycles. The van der Waals surface area contributed by atoms with Crippen LogP contribution in [0.2, 0.25) is 0 Å². The SMILES string of the molecule is O=C(c1ccccc1C(F)(F)F)N(Cc1cnc2ccccn12)Cc1cnc2ccccn12. The molecule has 0 saturated heterocycles. The molecule has 0 unspecified atom stereocenters. The Balaban J connectivity index is 1.57. The maximum absolute atomic E-state index is 13.6. The number of carbonyl (C=O) groups is 1. The van der Waals surface area contributed by atoms with Gasteiger partial charge < -0.3 is 13.7 Å². The Morgan fingerprint density at radius 1 is 0.788 bits per heavy atom. The van der Waals surface area contributed by atoms with Gasteiger partial charge in [0.1, 0.15) is 11.3 Å². The lowest BCUT2D eigenvalue weighted by atomic mass is 10.1. The van der Waals surface area contributed by atoms with Crippen LogP contribution < -0.4 is 0 Å². The molecule has 1 amide bonds. The number of alkyl halides is 3. The van der Waals surface area contributed by atoms with Crippen LogP contribution in [0.3, 0.4) is 0 Å². The van der Waals surface area contributed by atoms with Gasteiger partial charge in [0.05, 0.1) is 48.0 Å². The molecule has 5 rings (SSSR count). The summed E-state index contributed by atoms with van der Waals surface area (Å²) in [5.74, 6) is -0.723. The molecule has 6 nitrogen and oxygen atoms in total. The highest BCUT2D eigenvalue weighted by Crippen LogP contribution is 2.33. The minimum absolute atomic E-state index is 0.0657. The number of aromatic nitrogens is 4. The first-order valence-electron chi connectivity index (χ1n) is 10.2. The first-order chi connectivity index (χ1) is 15.9. The quantitative estimate of drug-likeness (QED) is 0.386. The smallest absolute Gasteiger partial charge is 0.327 e. The summed E-state index contributed by atoms with van der Waals surface area (Å²) < 4.78 is 44.6. The van der Waals surface area contributed by atoms with Crippen LogP contribution in [0, 0.1) is 0 Å². The Kier molecular flexibility index (Phi) is 5.08. The predicted octanol–water partition coefficient (Wildman–Crippen LogP) is 4.84. The second kappa shape index (κ2) is 8.09. The van der Waals surface area contributed by atoms with E-state index in [9.17, 15) is 18.0 Å². The zero-order valence-electron chi connectivity index (χ0n) is 17.3. The molecule has 0 atom stereocenters. The third-order valence-electron chi connectivity index (χ3n) is 5.44. The first kappa shape index (κ1) is 20.7. The fraction of sp³-hybridized carbons (Fsp3) is 0.125. The molecule has 0 aliphatic heterocycles. The number of hydrogen-bond donors (Lipinski definition) is 0. The van der Waals surface area contributed by atoms with E-state index in [4.69, 9.17) is 0 Å². The summed E-state index contributed by atoms with van der Waals surface area (Å²) in [6, 6.07) is 15.8. The molecule has 0 aliphatic rings. The number of nitrogens with zero attached hydrogens (tertiary/aromatic N) is 5. The second-order valence-electron chi connectivity index (χ2n) is 7.56. The van der Waals surface area contributed by atoms with Gasteiger partial charge in [-0.15, -0.1) is 0 Å². The molecule has 166 valence electrons. The normalized spacial score (nSPS) is 11.8. The number of fused-ring (bicyclic) bond motifs is 2. The number of imidazole rings is 2. The third kappa shape index (κ3) is 3.93. The minimum Gasteiger partial charge on any atom is -0.327 e. The molecule has 0 radical (unpaired) electrons. The number of amides is 1. The summed E-state index contributed by atoms with van der Waals surface area (Å²) in [5, 5.41) is 0. The van der Waals surface area contributed by atoms with Crippen LogP contribution in [0.4, 0.5) is 13.2 Å². The van der Waals surface area contributed by atoms with E-state index >= 15 is 0 Å². The lowest BCUT2D eigenvalue weighted by Gasteiger charge is -2.24. The largest absolute Gasteiger partial charge is 0.417 e. The molecule has 0 spiro atoms. The first-order valence-corrected chi connectivity index (χ1v) is 10.2. The molecular weight excluding hydrogens is 431 g/mol. The average molecular weight is 449 g/mol. The molecule has 5 aromatic rings. The van der Waals surface area contributed by atoms with Crippen molar-refractivity contribution in [1.29, 1.82) is 0 Å². The van der Waals surface area contributed by atoms with E-state index in [1.807, 2.05) is 45.2 Å². The van der Waals surface area contributed by atoms with Crippen molar-refractivity contribution in [3.8, 4) is 0 Å². The van der Waals surface area contributed by atoms with Crippen LogP contribution in [0.5, 0.6) is 0 Å². The van der Waals surface area contributed by atoms with Gasteiger partial charge in [-0.3, -0.25) is 4.79 Å². The van der Waals surface area contributed by atoms with Gasteiger partial charge in [0.15, 0.2) is 0 Å². The summed E-state index contributed by atoms with van der Waals surface area (Å²) in [7, 11) is 0. The van der Waals surface area contributed by atoms with Crippen LogP contribution in [0.15, 0.2) is 85.5 Å². The van der Waals surface area contributed by atoms with Crippen LogP contribution in [0.1, 0.15) is 27.3 Å². The molecule has 4 heterocycles. The van der Waals surface area contributed by atoms with Crippen molar-refractivity contribution in [2.45, 2.75) is 19.3 Å². The number of benzene rings is 1. The molecular formula is C24H18F3N5O. The Morgan fingerprint density at radius 3 is 1.85 bits per heavy atom. The average Bonchev–Trinajstić information content (AvgIpc) is 3.42. The Hall–Kier alpha value is -4.14. The van der Waals surface area contributed by atoms with Crippen molar-refractivity contribution >= 4 is 17.2 Å². The number of rotatable bonds is 5. The summed E-state index contributed by atoms with van der Waals surface area (Å²) in [5.41, 5.74) is 1.37. The van der Waals surface area contributed by atoms with Gasteiger partial charge in [0, 0.05) is 12.4 Å². The van der Waals surface area contributed by atoms with E-state index in [2.05, 4.69) is 9.97 Å². The number of carbonyl (C=O) groups excluding carboxylic acids is 1. The van der Waals surface area contributed by atoms with Crippen molar-refractivity contribution in [1.82, 2.24) is 23.7 Å². The van der Waals surface area contributed by atoms with Gasteiger partial charge in [-0.05, 0) is 36.4 Å². The van der Waals surface area contributed by atoms with E-state index in [1.54, 1.807) is 24.8 Å². The van der Waals surface area contributed by atoms with Crippen LogP contribution in [-0.4, -0.2) is 29.6 Å². The van der Waals surface area contributed by atoms with Gasteiger partial charge in [-0.1, -0.05) is 24.3 Å². The molecule has 33 heavy (non-hydrogen) atoms. The van der Waals surface area contributed by atoms with Gasteiger partial charge in [-0.2, -0.15) is 13.2 Å². The van der Waals surface area contributed by atoms with E-state index in [0.29, 0.717) is 22.7 Å². The van der Waals surface area contributed by atoms with E-state index in [0.717, 1.165) is 6.07 Å². The van der Waals surface area contributed by atoms with Crippen molar-refractivity contribution in [3.05, 3.63) is 108 Å². The van der Waals surface area contributed by atoms with Crippen LogP contribution >= 0.6 is 0 Å². The monoisotopic (exact) mass is 449 g/mol. The van der Waals surface area contributed by atoms with Gasteiger partial charge in [0.2, 0.25) is 0 Å². The summed E-state index contributed by atoms with van der Waals surface area (Å²) in [6.07, 6.45) is 2.21.